The minimum absolute atomic E-state index is 0.0649. The second kappa shape index (κ2) is 5.65. The summed E-state index contributed by atoms with van der Waals surface area (Å²) in [6.45, 7) is 2.29. The third kappa shape index (κ3) is 3.77. The molecule has 0 aliphatic rings. The van der Waals surface area contributed by atoms with Crippen molar-refractivity contribution in [3.8, 4) is 0 Å². The van der Waals surface area contributed by atoms with Crippen LogP contribution in [-0.4, -0.2) is 27.8 Å². The predicted octanol–water partition coefficient (Wildman–Crippen LogP) is 1.72. The lowest BCUT2D eigenvalue weighted by Crippen LogP contribution is -2.24. The van der Waals surface area contributed by atoms with E-state index in [4.69, 9.17) is 0 Å². The molecule has 4 nitrogen and oxygen atoms in total. The Morgan fingerprint density at radius 1 is 1.38 bits per heavy atom. The molecule has 16 heavy (non-hydrogen) atoms. The molecule has 1 aromatic rings. The van der Waals surface area contributed by atoms with E-state index in [1.54, 1.807) is 19.2 Å². The van der Waals surface area contributed by atoms with E-state index < -0.39 is 10.0 Å². The van der Waals surface area contributed by atoms with Crippen LogP contribution in [0.25, 0.3) is 0 Å². The molecular formula is C10H15BrN2O2S. The minimum atomic E-state index is -3.27. The van der Waals surface area contributed by atoms with E-state index in [1.165, 1.54) is 0 Å². The lowest BCUT2D eigenvalue weighted by Gasteiger charge is -2.11. The van der Waals surface area contributed by atoms with Crippen LogP contribution in [0, 0.1) is 6.92 Å². The zero-order valence-corrected chi connectivity index (χ0v) is 11.7. The van der Waals surface area contributed by atoms with Crippen molar-refractivity contribution in [2.45, 2.75) is 6.92 Å². The largest absolute Gasteiger partial charge is 0.319 e. The molecule has 0 fully saturated rings. The minimum Gasteiger partial charge on any atom is -0.319 e. The van der Waals surface area contributed by atoms with Crippen molar-refractivity contribution in [1.29, 1.82) is 0 Å². The summed E-state index contributed by atoms with van der Waals surface area (Å²) in [7, 11) is -1.55. The summed E-state index contributed by atoms with van der Waals surface area (Å²) in [5.41, 5.74) is 1.50. The van der Waals surface area contributed by atoms with Crippen LogP contribution in [0.15, 0.2) is 22.7 Å². The molecule has 0 radical (unpaired) electrons. The van der Waals surface area contributed by atoms with Crippen LogP contribution in [-0.2, 0) is 10.0 Å². The van der Waals surface area contributed by atoms with Crippen molar-refractivity contribution in [3.05, 3.63) is 28.2 Å². The zero-order chi connectivity index (χ0) is 12.2. The van der Waals surface area contributed by atoms with Crippen LogP contribution in [0.2, 0.25) is 0 Å². The summed E-state index contributed by atoms with van der Waals surface area (Å²) in [6, 6.07) is 5.42. The van der Waals surface area contributed by atoms with Crippen molar-refractivity contribution < 1.29 is 8.42 Å². The molecule has 0 amide bonds. The van der Waals surface area contributed by atoms with Gasteiger partial charge in [-0.05, 0) is 31.7 Å². The first-order valence-corrected chi connectivity index (χ1v) is 7.31. The summed E-state index contributed by atoms with van der Waals surface area (Å²) < 4.78 is 26.8. The van der Waals surface area contributed by atoms with Crippen molar-refractivity contribution in [2.75, 3.05) is 24.1 Å². The first-order chi connectivity index (χ1) is 7.46. The maximum Gasteiger partial charge on any atom is 0.233 e. The molecule has 0 bridgehead atoms. The molecule has 1 rings (SSSR count). The molecule has 0 atom stereocenters. The summed E-state index contributed by atoms with van der Waals surface area (Å²) >= 11 is 3.36. The molecule has 0 aliphatic carbocycles. The van der Waals surface area contributed by atoms with Crippen molar-refractivity contribution >= 4 is 31.6 Å². The van der Waals surface area contributed by atoms with E-state index in [2.05, 4.69) is 26.0 Å². The van der Waals surface area contributed by atoms with Gasteiger partial charge in [0.05, 0.1) is 11.4 Å². The van der Waals surface area contributed by atoms with Crippen LogP contribution < -0.4 is 10.0 Å². The van der Waals surface area contributed by atoms with Gasteiger partial charge in [0.25, 0.3) is 0 Å². The highest BCUT2D eigenvalue weighted by molar-refractivity contribution is 9.10. The number of sulfonamides is 1. The monoisotopic (exact) mass is 306 g/mol. The Hall–Kier alpha value is -0.590. The maximum absolute atomic E-state index is 11.7. The summed E-state index contributed by atoms with van der Waals surface area (Å²) in [6.07, 6.45) is 0. The second-order valence-electron chi connectivity index (χ2n) is 3.44. The fourth-order valence-electron chi connectivity index (χ4n) is 1.17. The molecule has 0 heterocycles. The van der Waals surface area contributed by atoms with E-state index >= 15 is 0 Å². The number of nitrogens with one attached hydrogen (secondary N) is 2. The molecule has 90 valence electrons. The Morgan fingerprint density at radius 3 is 2.69 bits per heavy atom. The Balaban J connectivity index is 2.84. The standard InChI is InChI=1S/C10H15BrN2O2S/c1-8-9(11)4-3-5-10(8)13-16(14,15)7-6-12-2/h3-5,12-13H,6-7H2,1-2H3. The van der Waals surface area contributed by atoms with Crippen LogP contribution in [0.4, 0.5) is 5.69 Å². The predicted molar refractivity (Wildman–Crippen MR) is 70.2 cm³/mol. The molecule has 2 N–H and O–H groups in total. The van der Waals surface area contributed by atoms with Gasteiger partial charge in [-0.1, -0.05) is 22.0 Å². The number of rotatable bonds is 5. The van der Waals surface area contributed by atoms with Crippen LogP contribution in [0.5, 0.6) is 0 Å². The lowest BCUT2D eigenvalue weighted by molar-refractivity contribution is 0.598. The molecule has 0 saturated heterocycles. The van der Waals surface area contributed by atoms with Gasteiger partial charge in [-0.15, -0.1) is 0 Å². The normalized spacial score (nSPS) is 11.4. The first-order valence-electron chi connectivity index (χ1n) is 4.86. The molecule has 0 saturated carbocycles. The van der Waals surface area contributed by atoms with Crippen molar-refractivity contribution in [3.63, 3.8) is 0 Å². The van der Waals surface area contributed by atoms with Crippen LogP contribution >= 0.6 is 15.9 Å². The van der Waals surface area contributed by atoms with Gasteiger partial charge in [0.1, 0.15) is 0 Å². The van der Waals surface area contributed by atoms with Gasteiger partial charge in [0.2, 0.25) is 10.0 Å². The number of halogens is 1. The summed E-state index contributed by atoms with van der Waals surface area (Å²) in [4.78, 5) is 0. The fourth-order valence-corrected chi connectivity index (χ4v) is 2.67. The van der Waals surface area contributed by atoms with Gasteiger partial charge in [-0.3, -0.25) is 4.72 Å². The highest BCUT2D eigenvalue weighted by Gasteiger charge is 2.11. The van der Waals surface area contributed by atoms with E-state index in [0.29, 0.717) is 12.2 Å². The van der Waals surface area contributed by atoms with E-state index in [-0.39, 0.29) is 5.75 Å². The van der Waals surface area contributed by atoms with Crippen molar-refractivity contribution in [2.24, 2.45) is 0 Å². The maximum atomic E-state index is 11.7. The van der Waals surface area contributed by atoms with Crippen LogP contribution in [0.1, 0.15) is 5.56 Å². The summed E-state index contributed by atoms with van der Waals surface area (Å²) in [5.74, 6) is 0.0649. The molecule has 1 aromatic carbocycles. The van der Waals surface area contributed by atoms with E-state index in [1.807, 2.05) is 13.0 Å². The summed E-state index contributed by atoms with van der Waals surface area (Å²) in [5, 5.41) is 2.81. The topological polar surface area (TPSA) is 58.2 Å². The Bertz CT molecular complexity index is 460. The quantitative estimate of drug-likeness (QED) is 0.871. The van der Waals surface area contributed by atoms with Gasteiger partial charge in [0, 0.05) is 11.0 Å². The van der Waals surface area contributed by atoms with Gasteiger partial charge in [-0.2, -0.15) is 0 Å². The van der Waals surface area contributed by atoms with Crippen molar-refractivity contribution in [1.82, 2.24) is 5.32 Å². The molecule has 0 aliphatic heterocycles. The Kier molecular flexibility index (Phi) is 4.76. The number of benzene rings is 1. The van der Waals surface area contributed by atoms with Gasteiger partial charge < -0.3 is 5.32 Å². The molecule has 0 spiro atoms. The SMILES string of the molecule is CNCCS(=O)(=O)Nc1cccc(Br)c1C. The smallest absolute Gasteiger partial charge is 0.233 e. The molecule has 0 aromatic heterocycles. The van der Waals surface area contributed by atoms with E-state index in [9.17, 15) is 8.42 Å². The van der Waals surface area contributed by atoms with Gasteiger partial charge in [-0.25, -0.2) is 8.42 Å². The lowest BCUT2D eigenvalue weighted by atomic mass is 10.2. The van der Waals surface area contributed by atoms with Gasteiger partial charge >= 0.3 is 0 Å². The average Bonchev–Trinajstić information content (AvgIpc) is 2.22. The number of anilines is 1. The van der Waals surface area contributed by atoms with E-state index in [0.717, 1.165) is 10.0 Å². The second-order valence-corrected chi connectivity index (χ2v) is 6.13. The Labute approximate surface area is 105 Å². The number of hydrogen-bond donors (Lipinski definition) is 2. The third-order valence-electron chi connectivity index (χ3n) is 2.15. The highest BCUT2D eigenvalue weighted by Crippen LogP contribution is 2.24. The fraction of sp³-hybridized carbons (Fsp3) is 0.400. The molecule has 6 heteroatoms. The van der Waals surface area contributed by atoms with Gasteiger partial charge in [0.15, 0.2) is 0 Å². The average molecular weight is 307 g/mol. The zero-order valence-electron chi connectivity index (χ0n) is 9.25. The Morgan fingerprint density at radius 2 is 2.06 bits per heavy atom. The molecule has 0 unspecified atom stereocenters. The molecular weight excluding hydrogens is 292 g/mol. The third-order valence-corrected chi connectivity index (χ3v) is 4.29. The first kappa shape index (κ1) is 13.5. The van der Waals surface area contributed by atoms with Crippen LogP contribution in [0.3, 0.4) is 0 Å². The number of hydrogen-bond acceptors (Lipinski definition) is 3. The highest BCUT2D eigenvalue weighted by atomic mass is 79.9.